The van der Waals surface area contributed by atoms with Crippen LogP contribution in [0.4, 0.5) is 23.0 Å². The summed E-state index contributed by atoms with van der Waals surface area (Å²) in [4.78, 5) is 42.2. The van der Waals surface area contributed by atoms with Gasteiger partial charge in [-0.3, -0.25) is 30.6 Å². The van der Waals surface area contributed by atoms with Gasteiger partial charge in [-0.05, 0) is 55.5 Å². The lowest BCUT2D eigenvalue weighted by molar-refractivity contribution is -0.383. The van der Waals surface area contributed by atoms with Gasteiger partial charge in [0.25, 0.3) is 5.91 Å². The van der Waals surface area contributed by atoms with Crippen molar-refractivity contribution >= 4 is 46.3 Å². The molecule has 0 saturated heterocycles. The third kappa shape index (κ3) is 4.86. The molecule has 3 N–H and O–H groups in total. The van der Waals surface area contributed by atoms with Gasteiger partial charge in [0.2, 0.25) is 11.6 Å². The van der Waals surface area contributed by atoms with E-state index in [1.54, 1.807) is 36.4 Å². The summed E-state index contributed by atoms with van der Waals surface area (Å²) >= 11 is 5.79. The van der Waals surface area contributed by atoms with Crippen LogP contribution in [0.25, 0.3) is 0 Å². The molecule has 152 valence electrons. The van der Waals surface area contributed by atoms with Gasteiger partial charge in [0.1, 0.15) is 6.33 Å². The van der Waals surface area contributed by atoms with Crippen LogP contribution < -0.4 is 16.2 Å². The summed E-state index contributed by atoms with van der Waals surface area (Å²) in [5, 5.41) is 14.9. The van der Waals surface area contributed by atoms with Crippen LogP contribution in [0, 0.1) is 10.1 Å². The SMILES string of the molecule is CC(=O)c1ccc(Nc2ncnc(NNC(=O)c3ccc(Cl)cc3)c2[N+](=O)[O-])cc1. The number of halogens is 1. The van der Waals surface area contributed by atoms with Gasteiger partial charge < -0.3 is 5.32 Å². The van der Waals surface area contributed by atoms with E-state index in [2.05, 4.69) is 26.1 Å². The number of nitro groups is 1. The quantitative estimate of drug-likeness (QED) is 0.295. The molecule has 0 aliphatic rings. The molecule has 0 radical (unpaired) electrons. The topological polar surface area (TPSA) is 139 Å². The van der Waals surface area contributed by atoms with E-state index in [0.717, 1.165) is 6.33 Å². The lowest BCUT2D eigenvalue weighted by Crippen LogP contribution is -2.30. The second kappa shape index (κ2) is 8.97. The van der Waals surface area contributed by atoms with Crippen molar-refractivity contribution in [1.82, 2.24) is 15.4 Å². The Balaban J connectivity index is 1.80. The molecule has 0 aliphatic carbocycles. The van der Waals surface area contributed by atoms with Gasteiger partial charge in [-0.25, -0.2) is 9.97 Å². The second-order valence-corrected chi connectivity index (χ2v) is 6.46. The van der Waals surface area contributed by atoms with E-state index in [1.165, 1.54) is 19.1 Å². The average Bonchev–Trinajstić information content (AvgIpc) is 2.72. The van der Waals surface area contributed by atoms with Crippen molar-refractivity contribution in [3.05, 3.63) is 81.1 Å². The molecule has 0 bridgehead atoms. The number of amides is 1. The van der Waals surface area contributed by atoms with Crippen LogP contribution in [0.1, 0.15) is 27.6 Å². The number of nitrogens with one attached hydrogen (secondary N) is 3. The predicted octanol–water partition coefficient (Wildman–Crippen LogP) is 3.74. The number of ketones is 1. The van der Waals surface area contributed by atoms with Crippen molar-refractivity contribution in [2.45, 2.75) is 6.92 Å². The monoisotopic (exact) mass is 426 g/mol. The number of Topliss-reactive ketones (excluding diaryl/α,β-unsaturated/α-hetero) is 1. The fourth-order valence-corrected chi connectivity index (χ4v) is 2.58. The largest absolute Gasteiger partial charge is 0.355 e. The maximum atomic E-state index is 12.2. The number of rotatable bonds is 7. The van der Waals surface area contributed by atoms with E-state index < -0.39 is 16.5 Å². The molecule has 0 unspecified atom stereocenters. The first-order valence-corrected chi connectivity index (χ1v) is 8.92. The van der Waals surface area contributed by atoms with Crippen molar-refractivity contribution in [3.63, 3.8) is 0 Å². The Morgan fingerprint density at radius 2 is 1.57 bits per heavy atom. The first-order chi connectivity index (χ1) is 14.3. The zero-order valence-corrected chi connectivity index (χ0v) is 16.3. The van der Waals surface area contributed by atoms with Crippen LogP contribution in [0.3, 0.4) is 0 Å². The molecule has 11 heteroatoms. The van der Waals surface area contributed by atoms with Crippen molar-refractivity contribution in [2.24, 2.45) is 0 Å². The summed E-state index contributed by atoms with van der Waals surface area (Å²) < 4.78 is 0. The van der Waals surface area contributed by atoms with E-state index in [9.17, 15) is 19.7 Å². The molecule has 3 rings (SSSR count). The number of carbonyl (C=O) groups is 2. The molecule has 1 amide bonds. The van der Waals surface area contributed by atoms with Crippen LogP contribution in [0.15, 0.2) is 54.9 Å². The minimum atomic E-state index is -0.678. The molecule has 1 heterocycles. The first kappa shape index (κ1) is 20.7. The molecule has 1 aromatic heterocycles. The number of hydrogen-bond acceptors (Lipinski definition) is 8. The van der Waals surface area contributed by atoms with Gasteiger partial charge in [0.05, 0.1) is 4.92 Å². The highest BCUT2D eigenvalue weighted by molar-refractivity contribution is 6.30. The van der Waals surface area contributed by atoms with Gasteiger partial charge in [-0.15, -0.1) is 0 Å². The number of carbonyl (C=O) groups excluding carboxylic acids is 2. The third-order valence-corrected chi connectivity index (χ3v) is 4.21. The van der Waals surface area contributed by atoms with E-state index >= 15 is 0 Å². The highest BCUT2D eigenvalue weighted by Gasteiger charge is 2.23. The minimum Gasteiger partial charge on any atom is -0.334 e. The van der Waals surface area contributed by atoms with E-state index in [4.69, 9.17) is 11.6 Å². The predicted molar refractivity (Wildman–Crippen MR) is 111 cm³/mol. The van der Waals surface area contributed by atoms with Crippen LogP contribution >= 0.6 is 11.6 Å². The molecule has 0 atom stereocenters. The summed E-state index contributed by atoms with van der Waals surface area (Å²) in [6.45, 7) is 1.44. The van der Waals surface area contributed by atoms with Gasteiger partial charge in [-0.1, -0.05) is 11.6 Å². The van der Waals surface area contributed by atoms with Gasteiger partial charge in [0.15, 0.2) is 5.78 Å². The Kier molecular flexibility index (Phi) is 6.18. The Labute approximate surface area is 175 Å². The van der Waals surface area contributed by atoms with Crippen molar-refractivity contribution in [3.8, 4) is 0 Å². The highest BCUT2D eigenvalue weighted by atomic mass is 35.5. The maximum Gasteiger partial charge on any atom is 0.355 e. The molecule has 3 aromatic rings. The second-order valence-electron chi connectivity index (χ2n) is 6.02. The number of benzene rings is 2. The Morgan fingerprint density at radius 1 is 0.967 bits per heavy atom. The first-order valence-electron chi connectivity index (χ1n) is 8.54. The highest BCUT2D eigenvalue weighted by Crippen LogP contribution is 2.30. The molecule has 0 aliphatic heterocycles. The Bertz CT molecular complexity index is 1100. The Morgan fingerprint density at radius 3 is 2.17 bits per heavy atom. The van der Waals surface area contributed by atoms with E-state index in [1.807, 2.05) is 0 Å². The third-order valence-electron chi connectivity index (χ3n) is 3.96. The number of nitrogens with zero attached hydrogens (tertiary/aromatic N) is 3. The fraction of sp³-hybridized carbons (Fsp3) is 0.0526. The Hall–Kier alpha value is -4.05. The molecule has 0 saturated carbocycles. The smallest absolute Gasteiger partial charge is 0.334 e. The lowest BCUT2D eigenvalue weighted by atomic mass is 10.1. The van der Waals surface area contributed by atoms with Crippen LogP contribution in [0.2, 0.25) is 5.02 Å². The lowest BCUT2D eigenvalue weighted by Gasteiger charge is -2.11. The molecule has 30 heavy (non-hydrogen) atoms. The number of hydrogen-bond donors (Lipinski definition) is 3. The fourth-order valence-electron chi connectivity index (χ4n) is 2.45. The summed E-state index contributed by atoms with van der Waals surface area (Å²) in [6.07, 6.45) is 1.11. The number of anilines is 3. The average molecular weight is 427 g/mol. The number of aromatic nitrogens is 2. The molecule has 0 fully saturated rings. The van der Waals surface area contributed by atoms with Gasteiger partial charge in [-0.2, -0.15) is 0 Å². The maximum absolute atomic E-state index is 12.2. The van der Waals surface area contributed by atoms with E-state index in [0.29, 0.717) is 21.8 Å². The van der Waals surface area contributed by atoms with Gasteiger partial charge in [0, 0.05) is 21.8 Å². The van der Waals surface area contributed by atoms with Gasteiger partial charge >= 0.3 is 5.69 Å². The standard InChI is InChI=1S/C19H15ClN6O4/c1-11(27)12-4-8-15(9-5-12)23-17-16(26(29)30)18(22-10-21-17)24-25-19(28)13-2-6-14(20)7-3-13/h2-10H,1H3,(H,25,28)(H2,21,22,23,24). The minimum absolute atomic E-state index is 0.0891. The molecule has 2 aromatic carbocycles. The summed E-state index contributed by atoms with van der Waals surface area (Å²) in [6, 6.07) is 12.5. The molecular weight excluding hydrogens is 412 g/mol. The summed E-state index contributed by atoms with van der Waals surface area (Å²) in [5.41, 5.74) is 5.62. The molecule has 10 nitrogen and oxygen atoms in total. The normalized spacial score (nSPS) is 10.2. The summed E-state index contributed by atoms with van der Waals surface area (Å²) in [5.74, 6) is -0.930. The zero-order valence-electron chi connectivity index (χ0n) is 15.5. The molecule has 0 spiro atoms. The molecular formula is C19H15ClN6O4. The zero-order chi connectivity index (χ0) is 21.7. The van der Waals surface area contributed by atoms with E-state index in [-0.39, 0.29) is 17.4 Å². The van der Waals surface area contributed by atoms with Crippen molar-refractivity contribution in [2.75, 3.05) is 10.7 Å². The van der Waals surface area contributed by atoms with Crippen molar-refractivity contribution in [1.29, 1.82) is 0 Å². The van der Waals surface area contributed by atoms with Crippen LogP contribution in [-0.4, -0.2) is 26.6 Å². The summed E-state index contributed by atoms with van der Waals surface area (Å²) in [7, 11) is 0. The van der Waals surface area contributed by atoms with Crippen LogP contribution in [0.5, 0.6) is 0 Å². The van der Waals surface area contributed by atoms with Crippen molar-refractivity contribution < 1.29 is 14.5 Å². The van der Waals surface area contributed by atoms with Crippen LogP contribution in [-0.2, 0) is 0 Å². The number of hydrazine groups is 1.